The van der Waals surface area contributed by atoms with Gasteiger partial charge >= 0.3 is 0 Å². The average molecular weight is 198 g/mol. The van der Waals surface area contributed by atoms with Crippen LogP contribution in [0.4, 0.5) is 0 Å². The van der Waals surface area contributed by atoms with E-state index in [9.17, 15) is 0 Å². The molecule has 3 heteroatoms. The summed E-state index contributed by atoms with van der Waals surface area (Å²) in [6.45, 7) is 9.54. The number of rotatable bonds is 4. The van der Waals surface area contributed by atoms with Gasteiger partial charge in [0.2, 0.25) is 0 Å². The molecule has 1 N–H and O–H groups in total. The quantitative estimate of drug-likeness (QED) is 0.804. The maximum absolute atomic E-state index is 4.40. The van der Waals surface area contributed by atoms with E-state index in [-0.39, 0.29) is 5.54 Å². The fourth-order valence-electron chi connectivity index (χ4n) is 0.944. The van der Waals surface area contributed by atoms with Crippen LogP contribution in [0.3, 0.4) is 0 Å². The lowest BCUT2D eigenvalue weighted by Crippen LogP contribution is -2.37. The van der Waals surface area contributed by atoms with Gasteiger partial charge in [-0.25, -0.2) is 4.98 Å². The van der Waals surface area contributed by atoms with Crippen molar-refractivity contribution in [1.82, 2.24) is 10.3 Å². The Bertz CT molecular complexity index is 266. The molecule has 13 heavy (non-hydrogen) atoms. The van der Waals surface area contributed by atoms with E-state index >= 15 is 0 Å². The summed E-state index contributed by atoms with van der Waals surface area (Å²) < 4.78 is 0. The molecule has 1 aromatic heterocycles. The van der Waals surface area contributed by atoms with Crippen molar-refractivity contribution in [3.05, 3.63) is 16.1 Å². The average Bonchev–Trinajstić information content (AvgIpc) is 2.48. The molecule has 0 fully saturated rings. The van der Waals surface area contributed by atoms with E-state index in [0.29, 0.717) is 0 Å². The van der Waals surface area contributed by atoms with Crippen molar-refractivity contribution >= 4 is 11.3 Å². The van der Waals surface area contributed by atoms with Gasteiger partial charge < -0.3 is 5.32 Å². The third-order valence-corrected chi connectivity index (χ3v) is 3.12. The van der Waals surface area contributed by atoms with Crippen molar-refractivity contribution in [1.29, 1.82) is 0 Å². The van der Waals surface area contributed by atoms with E-state index in [1.54, 1.807) is 11.3 Å². The number of hydrogen-bond donors (Lipinski definition) is 1. The van der Waals surface area contributed by atoms with Crippen LogP contribution in [0, 0.1) is 6.92 Å². The molecule has 1 heterocycles. The monoisotopic (exact) mass is 198 g/mol. The van der Waals surface area contributed by atoms with Gasteiger partial charge in [-0.1, -0.05) is 6.92 Å². The molecular formula is C10H18N2S. The number of nitrogens with one attached hydrogen (secondary N) is 1. The third-order valence-electron chi connectivity index (χ3n) is 2.30. The Morgan fingerprint density at radius 2 is 2.23 bits per heavy atom. The maximum atomic E-state index is 4.40. The Balaban J connectivity index is 2.43. The molecule has 1 rings (SSSR count). The molecule has 0 aliphatic carbocycles. The number of nitrogens with zero attached hydrogens (tertiary/aromatic N) is 1. The minimum atomic E-state index is 0.220. The minimum absolute atomic E-state index is 0.220. The Kier molecular flexibility index (Phi) is 3.45. The summed E-state index contributed by atoms with van der Waals surface area (Å²) in [6.07, 6.45) is 1.14. The minimum Gasteiger partial charge on any atom is -0.306 e. The van der Waals surface area contributed by atoms with E-state index < -0.39 is 0 Å². The zero-order valence-corrected chi connectivity index (χ0v) is 9.66. The van der Waals surface area contributed by atoms with Crippen LogP contribution in [-0.2, 0) is 6.54 Å². The van der Waals surface area contributed by atoms with Crippen molar-refractivity contribution in [2.75, 3.05) is 0 Å². The van der Waals surface area contributed by atoms with Crippen LogP contribution in [0.2, 0.25) is 0 Å². The van der Waals surface area contributed by atoms with Crippen molar-refractivity contribution in [2.24, 2.45) is 0 Å². The van der Waals surface area contributed by atoms with Gasteiger partial charge in [0.15, 0.2) is 0 Å². The third kappa shape index (κ3) is 3.44. The molecule has 0 atom stereocenters. The van der Waals surface area contributed by atoms with Gasteiger partial charge in [0.25, 0.3) is 0 Å². The molecule has 0 amide bonds. The van der Waals surface area contributed by atoms with Gasteiger partial charge in [0.1, 0.15) is 0 Å². The first kappa shape index (κ1) is 10.7. The summed E-state index contributed by atoms with van der Waals surface area (Å²) >= 11 is 1.71. The second kappa shape index (κ2) is 4.20. The predicted molar refractivity (Wildman–Crippen MR) is 58.1 cm³/mol. The van der Waals surface area contributed by atoms with Crippen molar-refractivity contribution < 1.29 is 0 Å². The molecule has 74 valence electrons. The maximum Gasteiger partial charge on any atom is 0.0897 e. The van der Waals surface area contributed by atoms with Crippen LogP contribution in [0.5, 0.6) is 0 Å². The molecule has 1 aromatic rings. The van der Waals surface area contributed by atoms with Gasteiger partial charge in [0, 0.05) is 17.5 Å². The van der Waals surface area contributed by atoms with Crippen molar-refractivity contribution in [2.45, 2.75) is 46.2 Å². The standard InChI is InChI=1S/C10H18N2S/c1-5-10(3,4)11-6-9-7-13-8(2)12-9/h7,11H,5-6H2,1-4H3. The van der Waals surface area contributed by atoms with Crippen LogP contribution >= 0.6 is 11.3 Å². The van der Waals surface area contributed by atoms with Gasteiger partial charge in [-0.15, -0.1) is 11.3 Å². The van der Waals surface area contributed by atoms with Gasteiger partial charge in [-0.05, 0) is 27.2 Å². The first-order chi connectivity index (χ1) is 6.03. The van der Waals surface area contributed by atoms with E-state index in [4.69, 9.17) is 0 Å². The first-order valence-electron chi connectivity index (χ1n) is 4.69. The second-order valence-corrected chi connectivity index (χ2v) is 5.01. The summed E-state index contributed by atoms with van der Waals surface area (Å²) in [4.78, 5) is 4.40. The Hall–Kier alpha value is -0.410. The lowest BCUT2D eigenvalue weighted by Gasteiger charge is -2.23. The second-order valence-electron chi connectivity index (χ2n) is 3.95. The smallest absolute Gasteiger partial charge is 0.0897 e. The Morgan fingerprint density at radius 1 is 1.54 bits per heavy atom. The van der Waals surface area contributed by atoms with Crippen LogP contribution in [0.15, 0.2) is 5.38 Å². The highest BCUT2D eigenvalue weighted by Crippen LogP contribution is 2.11. The van der Waals surface area contributed by atoms with Crippen molar-refractivity contribution in [3.8, 4) is 0 Å². The van der Waals surface area contributed by atoms with Crippen LogP contribution in [0.25, 0.3) is 0 Å². The molecule has 0 unspecified atom stereocenters. The van der Waals surface area contributed by atoms with E-state index in [0.717, 1.165) is 23.7 Å². The molecule has 0 saturated carbocycles. The van der Waals surface area contributed by atoms with Gasteiger partial charge in [0.05, 0.1) is 10.7 Å². The summed E-state index contributed by atoms with van der Waals surface area (Å²) in [5.74, 6) is 0. The molecule has 0 bridgehead atoms. The molecule has 0 spiro atoms. The highest BCUT2D eigenvalue weighted by atomic mass is 32.1. The van der Waals surface area contributed by atoms with Crippen LogP contribution in [0.1, 0.15) is 37.9 Å². The Labute approximate surface area is 84.4 Å². The topological polar surface area (TPSA) is 24.9 Å². The molecule has 0 aromatic carbocycles. The first-order valence-corrected chi connectivity index (χ1v) is 5.57. The fourth-order valence-corrected chi connectivity index (χ4v) is 1.56. The summed E-state index contributed by atoms with van der Waals surface area (Å²) in [7, 11) is 0. The van der Waals surface area contributed by atoms with Gasteiger partial charge in [-0.2, -0.15) is 0 Å². The highest BCUT2D eigenvalue weighted by molar-refractivity contribution is 7.09. The Morgan fingerprint density at radius 3 is 2.69 bits per heavy atom. The highest BCUT2D eigenvalue weighted by Gasteiger charge is 2.13. The fraction of sp³-hybridized carbons (Fsp3) is 0.700. The number of aryl methyl sites for hydroxylation is 1. The van der Waals surface area contributed by atoms with Crippen molar-refractivity contribution in [3.63, 3.8) is 0 Å². The normalized spacial score (nSPS) is 12.0. The number of hydrogen-bond acceptors (Lipinski definition) is 3. The summed E-state index contributed by atoms with van der Waals surface area (Å²) in [5.41, 5.74) is 1.38. The van der Waals surface area contributed by atoms with E-state index in [2.05, 4.69) is 36.5 Å². The number of thiazole rings is 1. The predicted octanol–water partition coefficient (Wildman–Crippen LogP) is 2.73. The molecule has 0 aliphatic heterocycles. The molecule has 0 aliphatic rings. The molecular weight excluding hydrogens is 180 g/mol. The molecule has 0 radical (unpaired) electrons. The van der Waals surface area contributed by atoms with E-state index in [1.807, 2.05) is 6.92 Å². The van der Waals surface area contributed by atoms with Crippen LogP contribution < -0.4 is 5.32 Å². The van der Waals surface area contributed by atoms with Crippen LogP contribution in [-0.4, -0.2) is 10.5 Å². The lowest BCUT2D eigenvalue weighted by molar-refractivity contribution is 0.372. The zero-order valence-electron chi connectivity index (χ0n) is 8.85. The van der Waals surface area contributed by atoms with E-state index in [1.165, 1.54) is 0 Å². The summed E-state index contributed by atoms with van der Waals surface area (Å²) in [5, 5.41) is 6.75. The largest absolute Gasteiger partial charge is 0.306 e. The molecule has 0 saturated heterocycles. The zero-order chi connectivity index (χ0) is 9.90. The molecule has 2 nitrogen and oxygen atoms in total. The van der Waals surface area contributed by atoms with Gasteiger partial charge in [-0.3, -0.25) is 0 Å². The lowest BCUT2D eigenvalue weighted by atomic mass is 10.0. The number of aromatic nitrogens is 1. The SMILES string of the molecule is CCC(C)(C)NCc1csc(C)n1. The summed E-state index contributed by atoms with van der Waals surface area (Å²) in [6, 6.07) is 0.